The molecular weight excluding hydrogens is 276 g/mol. The maximum atomic E-state index is 12.3. The molecule has 2 aliphatic heterocycles. The molecule has 1 aromatic carbocycles. The SMILES string of the molecule is CC1Nc2cc3c(cc2N(CCC(=O)O)C1=O)OCCO3. The van der Waals surface area contributed by atoms with Crippen LogP contribution in [0.5, 0.6) is 11.5 Å². The summed E-state index contributed by atoms with van der Waals surface area (Å²) in [6, 6.07) is 3.11. The molecule has 112 valence electrons. The number of carbonyl (C=O) groups excluding carboxylic acids is 1. The summed E-state index contributed by atoms with van der Waals surface area (Å²) in [5.74, 6) is 0.116. The molecule has 2 heterocycles. The summed E-state index contributed by atoms with van der Waals surface area (Å²) in [7, 11) is 0. The molecule has 1 atom stereocenters. The van der Waals surface area contributed by atoms with Crippen LogP contribution in [-0.4, -0.2) is 42.8 Å². The van der Waals surface area contributed by atoms with Gasteiger partial charge in [0.25, 0.3) is 0 Å². The van der Waals surface area contributed by atoms with E-state index in [1.54, 1.807) is 19.1 Å². The second kappa shape index (κ2) is 5.16. The van der Waals surface area contributed by atoms with Gasteiger partial charge < -0.3 is 24.8 Å². The van der Waals surface area contributed by atoms with Crippen molar-refractivity contribution in [1.82, 2.24) is 0 Å². The third-order valence-corrected chi connectivity index (χ3v) is 3.51. The van der Waals surface area contributed by atoms with E-state index in [4.69, 9.17) is 14.6 Å². The van der Waals surface area contributed by atoms with Gasteiger partial charge in [0, 0.05) is 18.7 Å². The van der Waals surface area contributed by atoms with Gasteiger partial charge in [0.2, 0.25) is 5.91 Å². The highest BCUT2D eigenvalue weighted by Crippen LogP contribution is 2.42. The first kappa shape index (κ1) is 13.5. The number of nitrogens with one attached hydrogen (secondary N) is 1. The molecule has 0 bridgehead atoms. The molecule has 1 unspecified atom stereocenters. The molecule has 21 heavy (non-hydrogen) atoms. The van der Waals surface area contributed by atoms with E-state index in [1.807, 2.05) is 0 Å². The Morgan fingerprint density at radius 1 is 1.38 bits per heavy atom. The zero-order chi connectivity index (χ0) is 15.0. The average Bonchev–Trinajstić information content (AvgIpc) is 2.46. The van der Waals surface area contributed by atoms with Crippen molar-refractivity contribution in [3.8, 4) is 11.5 Å². The van der Waals surface area contributed by atoms with E-state index in [0.717, 1.165) is 5.69 Å². The van der Waals surface area contributed by atoms with Crippen LogP contribution in [0.1, 0.15) is 13.3 Å². The summed E-state index contributed by atoms with van der Waals surface area (Å²) in [6.45, 7) is 2.82. The molecule has 2 aliphatic rings. The largest absolute Gasteiger partial charge is 0.486 e. The van der Waals surface area contributed by atoms with Crippen LogP contribution in [0.4, 0.5) is 11.4 Å². The standard InChI is InChI=1S/C14H16N2O5/c1-8-14(19)16(3-2-13(17)18)10-7-12-11(6-9(10)15-8)20-4-5-21-12/h6-8,15H,2-5H2,1H3,(H,17,18). The number of hydrogen-bond donors (Lipinski definition) is 2. The zero-order valence-electron chi connectivity index (χ0n) is 11.6. The molecule has 0 radical (unpaired) electrons. The van der Waals surface area contributed by atoms with Crippen molar-refractivity contribution < 1.29 is 24.2 Å². The molecule has 0 spiro atoms. The molecule has 0 aliphatic carbocycles. The van der Waals surface area contributed by atoms with Crippen molar-refractivity contribution in [2.45, 2.75) is 19.4 Å². The van der Waals surface area contributed by atoms with Crippen LogP contribution >= 0.6 is 0 Å². The summed E-state index contributed by atoms with van der Waals surface area (Å²) >= 11 is 0. The third kappa shape index (κ3) is 2.46. The first-order valence-electron chi connectivity index (χ1n) is 6.79. The molecule has 0 saturated heterocycles. The van der Waals surface area contributed by atoms with Crippen molar-refractivity contribution in [3.05, 3.63) is 12.1 Å². The Morgan fingerprint density at radius 2 is 2.05 bits per heavy atom. The van der Waals surface area contributed by atoms with Gasteiger partial charge in [-0.3, -0.25) is 9.59 Å². The van der Waals surface area contributed by atoms with Crippen LogP contribution in [0.3, 0.4) is 0 Å². The number of hydrogen-bond acceptors (Lipinski definition) is 5. The minimum atomic E-state index is -0.937. The van der Waals surface area contributed by atoms with Crippen molar-refractivity contribution in [3.63, 3.8) is 0 Å². The fraction of sp³-hybridized carbons (Fsp3) is 0.429. The molecule has 7 nitrogen and oxygen atoms in total. The molecule has 0 fully saturated rings. The minimum Gasteiger partial charge on any atom is -0.486 e. The number of aliphatic carboxylic acids is 1. The van der Waals surface area contributed by atoms with Crippen molar-refractivity contribution >= 4 is 23.3 Å². The molecule has 0 saturated carbocycles. The number of fused-ring (bicyclic) bond motifs is 2. The fourth-order valence-corrected chi connectivity index (χ4v) is 2.50. The van der Waals surface area contributed by atoms with E-state index in [-0.39, 0.29) is 18.9 Å². The minimum absolute atomic E-state index is 0.105. The number of rotatable bonds is 3. The van der Waals surface area contributed by atoms with E-state index < -0.39 is 12.0 Å². The average molecular weight is 292 g/mol. The number of carboxylic acids is 1. The molecule has 0 aromatic heterocycles. The third-order valence-electron chi connectivity index (χ3n) is 3.51. The maximum Gasteiger partial charge on any atom is 0.305 e. The second-order valence-corrected chi connectivity index (χ2v) is 5.01. The van der Waals surface area contributed by atoms with E-state index in [1.165, 1.54) is 4.90 Å². The van der Waals surface area contributed by atoms with E-state index in [9.17, 15) is 9.59 Å². The number of carbonyl (C=O) groups is 2. The number of ether oxygens (including phenoxy) is 2. The topological polar surface area (TPSA) is 88.1 Å². The Bertz CT molecular complexity index is 601. The van der Waals surface area contributed by atoms with Gasteiger partial charge >= 0.3 is 5.97 Å². The molecule has 2 N–H and O–H groups in total. The van der Waals surface area contributed by atoms with E-state index in [0.29, 0.717) is 30.4 Å². The van der Waals surface area contributed by atoms with Gasteiger partial charge in [0.15, 0.2) is 11.5 Å². The fourth-order valence-electron chi connectivity index (χ4n) is 2.50. The quantitative estimate of drug-likeness (QED) is 0.866. The van der Waals surface area contributed by atoms with Gasteiger partial charge in [-0.05, 0) is 6.92 Å². The molecule has 7 heteroatoms. The summed E-state index contributed by atoms with van der Waals surface area (Å²) in [5, 5.41) is 11.9. The summed E-state index contributed by atoms with van der Waals surface area (Å²) in [5.41, 5.74) is 1.38. The van der Waals surface area contributed by atoms with Crippen LogP contribution in [0.25, 0.3) is 0 Å². The zero-order valence-corrected chi connectivity index (χ0v) is 11.6. The summed E-state index contributed by atoms with van der Waals surface area (Å²) in [4.78, 5) is 24.5. The van der Waals surface area contributed by atoms with Gasteiger partial charge in [-0.15, -0.1) is 0 Å². The molecule has 1 aromatic rings. The Balaban J connectivity index is 1.98. The Kier molecular flexibility index (Phi) is 3.32. The Hall–Kier alpha value is -2.44. The van der Waals surface area contributed by atoms with Gasteiger partial charge in [0.05, 0.1) is 17.8 Å². The number of carboxylic acid groups (broad SMARTS) is 1. The predicted molar refractivity (Wildman–Crippen MR) is 75.1 cm³/mol. The highest BCUT2D eigenvalue weighted by atomic mass is 16.6. The summed E-state index contributed by atoms with van der Waals surface area (Å²) in [6.07, 6.45) is -0.105. The number of benzene rings is 1. The number of nitrogens with zero attached hydrogens (tertiary/aromatic N) is 1. The van der Waals surface area contributed by atoms with Crippen LogP contribution in [0.2, 0.25) is 0 Å². The lowest BCUT2D eigenvalue weighted by Crippen LogP contribution is -2.46. The van der Waals surface area contributed by atoms with Crippen LogP contribution in [-0.2, 0) is 9.59 Å². The monoisotopic (exact) mass is 292 g/mol. The van der Waals surface area contributed by atoms with Gasteiger partial charge in [-0.1, -0.05) is 0 Å². The van der Waals surface area contributed by atoms with Crippen molar-refractivity contribution in [2.75, 3.05) is 30.0 Å². The molecule has 3 rings (SSSR count). The first-order chi connectivity index (χ1) is 10.1. The van der Waals surface area contributed by atoms with Crippen LogP contribution in [0, 0.1) is 0 Å². The van der Waals surface area contributed by atoms with Crippen LogP contribution < -0.4 is 19.7 Å². The number of anilines is 2. The lowest BCUT2D eigenvalue weighted by Gasteiger charge is -2.35. The lowest BCUT2D eigenvalue weighted by atomic mass is 10.1. The number of amides is 1. The second-order valence-electron chi connectivity index (χ2n) is 5.01. The molecular formula is C14H16N2O5. The lowest BCUT2D eigenvalue weighted by molar-refractivity contribution is -0.136. The Morgan fingerprint density at radius 3 is 2.71 bits per heavy atom. The van der Waals surface area contributed by atoms with Crippen molar-refractivity contribution in [1.29, 1.82) is 0 Å². The smallest absolute Gasteiger partial charge is 0.305 e. The van der Waals surface area contributed by atoms with Crippen molar-refractivity contribution in [2.24, 2.45) is 0 Å². The van der Waals surface area contributed by atoms with E-state index in [2.05, 4.69) is 5.32 Å². The maximum absolute atomic E-state index is 12.3. The van der Waals surface area contributed by atoms with Gasteiger partial charge in [-0.2, -0.15) is 0 Å². The van der Waals surface area contributed by atoms with Gasteiger partial charge in [-0.25, -0.2) is 0 Å². The highest BCUT2D eigenvalue weighted by Gasteiger charge is 2.31. The predicted octanol–water partition coefficient (Wildman–Crippen LogP) is 1.08. The van der Waals surface area contributed by atoms with E-state index >= 15 is 0 Å². The van der Waals surface area contributed by atoms with Gasteiger partial charge in [0.1, 0.15) is 19.3 Å². The first-order valence-corrected chi connectivity index (χ1v) is 6.79. The summed E-state index contributed by atoms with van der Waals surface area (Å²) < 4.78 is 11.0. The normalized spacial score (nSPS) is 19.8. The molecule has 1 amide bonds. The Labute approximate surface area is 121 Å². The highest BCUT2D eigenvalue weighted by molar-refractivity contribution is 6.05. The van der Waals surface area contributed by atoms with Crippen LogP contribution in [0.15, 0.2) is 12.1 Å².